The topological polar surface area (TPSA) is 102 Å². The van der Waals surface area contributed by atoms with Crippen LogP contribution >= 0.6 is 12.4 Å². The first-order valence-electron chi connectivity index (χ1n) is 6.93. The van der Waals surface area contributed by atoms with Crippen molar-refractivity contribution in [2.24, 2.45) is 5.73 Å². The van der Waals surface area contributed by atoms with Crippen molar-refractivity contribution in [1.29, 1.82) is 0 Å². The fourth-order valence-electron chi connectivity index (χ4n) is 2.26. The highest BCUT2D eigenvalue weighted by atomic mass is 35.5. The van der Waals surface area contributed by atoms with Gasteiger partial charge in [0.15, 0.2) is 0 Å². The second-order valence-corrected chi connectivity index (χ2v) is 5.25. The molecule has 0 aliphatic heterocycles. The fraction of sp³-hybridized carbons (Fsp3) is 0.615. The molecular formula is C13H22ClN5O2. The Morgan fingerprint density at radius 2 is 2.14 bits per heavy atom. The molecule has 21 heavy (non-hydrogen) atoms. The number of nitrogens with zero attached hydrogens (tertiary/aromatic N) is 2. The van der Waals surface area contributed by atoms with Crippen LogP contribution in [0.15, 0.2) is 12.4 Å². The van der Waals surface area contributed by atoms with Crippen molar-refractivity contribution in [3.8, 4) is 0 Å². The van der Waals surface area contributed by atoms with Crippen molar-refractivity contribution in [3.63, 3.8) is 0 Å². The number of nitrogens with one attached hydrogen (secondary N) is 2. The van der Waals surface area contributed by atoms with Gasteiger partial charge in [-0.25, -0.2) is 0 Å². The van der Waals surface area contributed by atoms with Crippen molar-refractivity contribution in [2.45, 2.75) is 51.2 Å². The van der Waals surface area contributed by atoms with Crippen LogP contribution in [-0.4, -0.2) is 33.7 Å². The van der Waals surface area contributed by atoms with Gasteiger partial charge < -0.3 is 16.4 Å². The van der Waals surface area contributed by atoms with Gasteiger partial charge in [-0.2, -0.15) is 5.10 Å². The van der Waals surface area contributed by atoms with Crippen molar-refractivity contribution in [3.05, 3.63) is 12.4 Å². The normalized spacial score (nSPS) is 16.1. The number of carbonyl (C=O) groups is 2. The van der Waals surface area contributed by atoms with Crippen LogP contribution in [-0.2, 0) is 16.1 Å². The summed E-state index contributed by atoms with van der Waals surface area (Å²) in [6, 6.07) is -0.278. The zero-order valence-electron chi connectivity index (χ0n) is 12.0. The van der Waals surface area contributed by atoms with Crippen LogP contribution in [0.5, 0.6) is 0 Å². The first kappa shape index (κ1) is 17.5. The SMILES string of the molecule is C[C@@H](N)C(=O)Nc1cnn(CC(=O)NC2CCCC2)c1.Cl. The molecule has 1 heterocycles. The summed E-state index contributed by atoms with van der Waals surface area (Å²) in [5.74, 6) is -0.329. The average Bonchev–Trinajstić information content (AvgIpc) is 3.01. The van der Waals surface area contributed by atoms with Gasteiger partial charge in [-0.3, -0.25) is 14.3 Å². The Labute approximate surface area is 130 Å². The minimum Gasteiger partial charge on any atom is -0.352 e. The summed E-state index contributed by atoms with van der Waals surface area (Å²) in [7, 11) is 0. The highest BCUT2D eigenvalue weighted by Crippen LogP contribution is 2.17. The Bertz CT molecular complexity index is 483. The van der Waals surface area contributed by atoms with E-state index in [9.17, 15) is 9.59 Å². The molecule has 2 rings (SSSR count). The molecule has 1 saturated carbocycles. The Kier molecular flexibility index (Phi) is 6.64. The first-order chi connectivity index (χ1) is 9.54. The number of nitrogens with two attached hydrogens (primary N) is 1. The van der Waals surface area contributed by atoms with Crippen LogP contribution in [0.2, 0.25) is 0 Å². The molecule has 0 aromatic carbocycles. The number of carbonyl (C=O) groups excluding carboxylic acids is 2. The predicted octanol–water partition coefficient (Wildman–Crippen LogP) is 0.649. The molecule has 0 saturated heterocycles. The summed E-state index contributed by atoms with van der Waals surface area (Å²) < 4.78 is 1.50. The van der Waals surface area contributed by atoms with Gasteiger partial charge >= 0.3 is 0 Å². The minimum absolute atomic E-state index is 0. The number of rotatable bonds is 5. The van der Waals surface area contributed by atoms with Crippen LogP contribution < -0.4 is 16.4 Å². The molecule has 1 fully saturated rings. The number of hydrogen-bond acceptors (Lipinski definition) is 4. The molecule has 8 heteroatoms. The molecule has 0 spiro atoms. The van der Waals surface area contributed by atoms with E-state index in [0.717, 1.165) is 12.8 Å². The van der Waals surface area contributed by atoms with Gasteiger partial charge in [-0.05, 0) is 19.8 Å². The lowest BCUT2D eigenvalue weighted by atomic mass is 10.2. The fourth-order valence-corrected chi connectivity index (χ4v) is 2.26. The molecule has 118 valence electrons. The zero-order chi connectivity index (χ0) is 14.5. The Morgan fingerprint density at radius 3 is 2.76 bits per heavy atom. The lowest BCUT2D eigenvalue weighted by Gasteiger charge is -2.11. The second-order valence-electron chi connectivity index (χ2n) is 5.25. The van der Waals surface area contributed by atoms with Gasteiger partial charge in [0.25, 0.3) is 0 Å². The summed E-state index contributed by atoms with van der Waals surface area (Å²) >= 11 is 0. The predicted molar refractivity (Wildman–Crippen MR) is 82.2 cm³/mol. The van der Waals surface area contributed by atoms with Crippen LogP contribution in [0.4, 0.5) is 5.69 Å². The maximum Gasteiger partial charge on any atom is 0.241 e. The van der Waals surface area contributed by atoms with Crippen molar-refractivity contribution in [2.75, 3.05) is 5.32 Å². The van der Waals surface area contributed by atoms with E-state index in [2.05, 4.69) is 15.7 Å². The summed E-state index contributed by atoms with van der Waals surface area (Å²) in [6.07, 6.45) is 7.60. The quantitative estimate of drug-likeness (QED) is 0.742. The largest absolute Gasteiger partial charge is 0.352 e. The van der Waals surface area contributed by atoms with Crippen molar-refractivity contribution >= 4 is 29.9 Å². The molecule has 0 radical (unpaired) electrons. The van der Waals surface area contributed by atoms with Crippen molar-refractivity contribution < 1.29 is 9.59 Å². The Morgan fingerprint density at radius 1 is 1.48 bits per heavy atom. The van der Waals surface area contributed by atoms with Gasteiger partial charge in [0.2, 0.25) is 11.8 Å². The third-order valence-electron chi connectivity index (χ3n) is 3.34. The summed E-state index contributed by atoms with van der Waals surface area (Å²) in [4.78, 5) is 23.3. The Hall–Kier alpha value is -1.60. The van der Waals surface area contributed by atoms with Crippen LogP contribution in [0.1, 0.15) is 32.6 Å². The summed E-state index contributed by atoms with van der Waals surface area (Å²) in [5.41, 5.74) is 6.00. The number of anilines is 1. The van der Waals surface area contributed by atoms with E-state index >= 15 is 0 Å². The van der Waals surface area contributed by atoms with E-state index in [1.54, 1.807) is 13.1 Å². The highest BCUT2D eigenvalue weighted by Gasteiger charge is 2.17. The molecule has 7 nitrogen and oxygen atoms in total. The van der Waals surface area contributed by atoms with Crippen LogP contribution in [0.25, 0.3) is 0 Å². The molecule has 1 aliphatic rings. The monoisotopic (exact) mass is 315 g/mol. The zero-order valence-corrected chi connectivity index (χ0v) is 12.9. The smallest absolute Gasteiger partial charge is 0.241 e. The molecule has 2 amide bonds. The second kappa shape index (κ2) is 7.99. The highest BCUT2D eigenvalue weighted by molar-refractivity contribution is 5.94. The third kappa shape index (κ3) is 5.35. The van der Waals surface area contributed by atoms with E-state index in [1.807, 2.05) is 0 Å². The van der Waals surface area contributed by atoms with Gasteiger partial charge in [0.1, 0.15) is 6.54 Å². The molecule has 1 atom stereocenters. The van der Waals surface area contributed by atoms with Crippen LogP contribution in [0.3, 0.4) is 0 Å². The average molecular weight is 316 g/mol. The molecule has 1 aromatic rings. The van der Waals surface area contributed by atoms with Crippen molar-refractivity contribution in [1.82, 2.24) is 15.1 Å². The van der Waals surface area contributed by atoms with Gasteiger partial charge in [-0.1, -0.05) is 12.8 Å². The maximum atomic E-state index is 11.8. The minimum atomic E-state index is -0.580. The molecule has 1 aromatic heterocycles. The molecule has 1 aliphatic carbocycles. The molecular weight excluding hydrogens is 294 g/mol. The summed E-state index contributed by atoms with van der Waals surface area (Å²) in [6.45, 7) is 1.76. The third-order valence-corrected chi connectivity index (χ3v) is 3.34. The molecule has 4 N–H and O–H groups in total. The lowest BCUT2D eigenvalue weighted by Crippen LogP contribution is -2.35. The van der Waals surface area contributed by atoms with Crippen LogP contribution in [0, 0.1) is 0 Å². The lowest BCUT2D eigenvalue weighted by molar-refractivity contribution is -0.122. The first-order valence-corrected chi connectivity index (χ1v) is 6.93. The van der Waals surface area contributed by atoms with E-state index in [-0.39, 0.29) is 30.8 Å². The number of hydrogen-bond donors (Lipinski definition) is 3. The van der Waals surface area contributed by atoms with Gasteiger partial charge in [0, 0.05) is 12.2 Å². The molecule has 0 bridgehead atoms. The maximum absolute atomic E-state index is 11.8. The Balaban J connectivity index is 0.00000220. The number of amides is 2. The summed E-state index contributed by atoms with van der Waals surface area (Å²) in [5, 5.41) is 9.66. The van der Waals surface area contributed by atoms with E-state index in [0.29, 0.717) is 11.7 Å². The standard InChI is InChI=1S/C13H21N5O2.ClH/c1-9(14)13(20)17-11-6-15-18(7-11)8-12(19)16-10-4-2-3-5-10;/h6-7,9-10H,2-5,8,14H2,1H3,(H,16,19)(H,17,20);1H/t9-;/m1./s1. The number of aromatic nitrogens is 2. The molecule has 0 unspecified atom stereocenters. The van der Waals surface area contributed by atoms with E-state index in [1.165, 1.54) is 23.7 Å². The van der Waals surface area contributed by atoms with E-state index in [4.69, 9.17) is 5.73 Å². The number of halogens is 1. The van der Waals surface area contributed by atoms with Gasteiger partial charge in [0.05, 0.1) is 17.9 Å². The van der Waals surface area contributed by atoms with Gasteiger partial charge in [-0.15, -0.1) is 12.4 Å². The van der Waals surface area contributed by atoms with E-state index < -0.39 is 6.04 Å².